The van der Waals surface area contributed by atoms with Crippen LogP contribution >= 0.6 is 0 Å². The van der Waals surface area contributed by atoms with Gasteiger partial charge in [0.2, 0.25) is 0 Å². The minimum atomic E-state index is -0.213. The highest BCUT2D eigenvalue weighted by atomic mass is 16.5. The van der Waals surface area contributed by atoms with Gasteiger partial charge in [-0.1, -0.05) is 90.9 Å². The topological polar surface area (TPSA) is 61.3 Å². The van der Waals surface area contributed by atoms with Crippen LogP contribution in [-0.2, 0) is 4.79 Å². The van der Waals surface area contributed by atoms with E-state index in [1.165, 1.54) is 70.6 Å². The second kappa shape index (κ2) is 18.0. The van der Waals surface area contributed by atoms with Gasteiger partial charge >= 0.3 is 5.97 Å². The Morgan fingerprint density at radius 3 is 1.79 bits per heavy atom. The average Bonchev–Trinajstić information content (AvgIpc) is 2.86. The van der Waals surface area contributed by atoms with E-state index < -0.39 is 0 Å². The van der Waals surface area contributed by atoms with Crippen LogP contribution in [-0.4, -0.2) is 22.5 Å². The zero-order chi connectivity index (χ0) is 24.3. The van der Waals surface area contributed by atoms with Crippen molar-refractivity contribution in [2.24, 2.45) is 0 Å². The van der Waals surface area contributed by atoms with E-state index in [4.69, 9.17) is 9.47 Å². The van der Waals surface area contributed by atoms with Crippen molar-refractivity contribution < 1.29 is 14.3 Å². The number of benzene rings is 1. The number of hydrogen-bond acceptors (Lipinski definition) is 5. The van der Waals surface area contributed by atoms with Crippen molar-refractivity contribution in [2.75, 3.05) is 6.61 Å². The summed E-state index contributed by atoms with van der Waals surface area (Å²) in [6.07, 6.45) is 20.8. The maximum absolute atomic E-state index is 12.1. The third-order valence-corrected chi connectivity index (χ3v) is 5.97. The van der Waals surface area contributed by atoms with Crippen LogP contribution in [0.3, 0.4) is 0 Å². The highest BCUT2D eigenvalue weighted by Crippen LogP contribution is 2.21. The number of hydrogen-bond donors (Lipinski definition) is 0. The Kier molecular flexibility index (Phi) is 14.7. The predicted molar refractivity (Wildman–Crippen MR) is 139 cm³/mol. The number of ether oxygens (including phenoxy) is 2. The minimum absolute atomic E-state index is 0.213. The number of esters is 1. The second-order valence-electron chi connectivity index (χ2n) is 9.08. The first-order valence-electron chi connectivity index (χ1n) is 13.5. The molecule has 1 aromatic heterocycles. The van der Waals surface area contributed by atoms with Crippen molar-refractivity contribution in [3.05, 3.63) is 36.7 Å². The molecule has 1 heterocycles. The second-order valence-corrected chi connectivity index (χ2v) is 9.08. The summed E-state index contributed by atoms with van der Waals surface area (Å²) in [6.45, 7) is 5.21. The monoisotopic (exact) mass is 468 g/mol. The van der Waals surface area contributed by atoms with Gasteiger partial charge in [0.25, 0.3) is 0 Å². The quantitative estimate of drug-likeness (QED) is 0.153. The Hall–Kier alpha value is -2.43. The fourth-order valence-corrected chi connectivity index (χ4v) is 3.88. The van der Waals surface area contributed by atoms with Gasteiger partial charge in [0.1, 0.15) is 5.75 Å². The van der Waals surface area contributed by atoms with Gasteiger partial charge < -0.3 is 9.47 Å². The first-order valence-corrected chi connectivity index (χ1v) is 13.5. The largest absolute Gasteiger partial charge is 0.494 e. The van der Waals surface area contributed by atoms with Crippen molar-refractivity contribution in [1.29, 1.82) is 0 Å². The summed E-state index contributed by atoms with van der Waals surface area (Å²) in [5.41, 5.74) is 0.905. The summed E-state index contributed by atoms with van der Waals surface area (Å²) in [6, 6.07) is 7.81. The number of carbonyl (C=O) groups is 1. The molecule has 1 aromatic carbocycles. The van der Waals surface area contributed by atoms with Gasteiger partial charge in [-0.2, -0.15) is 0 Å². The minimum Gasteiger partial charge on any atom is -0.494 e. The summed E-state index contributed by atoms with van der Waals surface area (Å²) < 4.78 is 11.2. The molecule has 5 heteroatoms. The fraction of sp³-hybridized carbons (Fsp3) is 0.621. The molecular formula is C29H44N2O3. The number of nitrogens with zero attached hydrogens (tertiary/aromatic N) is 2. The summed E-state index contributed by atoms with van der Waals surface area (Å²) in [5, 5.41) is 0. The molecule has 0 fully saturated rings. The molecule has 0 N–H and O–H groups in total. The molecule has 0 bridgehead atoms. The Labute approximate surface area is 206 Å². The van der Waals surface area contributed by atoms with Gasteiger partial charge in [0.05, 0.1) is 19.0 Å². The predicted octanol–water partition coefficient (Wildman–Crippen LogP) is 8.32. The van der Waals surface area contributed by atoms with Crippen LogP contribution in [0.25, 0.3) is 11.4 Å². The van der Waals surface area contributed by atoms with Gasteiger partial charge in [0, 0.05) is 12.0 Å². The molecule has 0 amide bonds. The van der Waals surface area contributed by atoms with Crippen molar-refractivity contribution in [3.8, 4) is 22.9 Å². The van der Waals surface area contributed by atoms with E-state index in [-0.39, 0.29) is 5.97 Å². The molecule has 0 aliphatic rings. The lowest BCUT2D eigenvalue weighted by molar-refractivity contribution is -0.134. The molecule has 34 heavy (non-hydrogen) atoms. The standard InChI is InChI=1S/C29H44N2O3/c1-3-5-7-9-10-11-12-13-15-17-28(32)34-27-23-30-29(31-24-27)25-18-20-26(21-19-25)33-22-16-14-8-6-4-2/h18-21,23-24H,3-17,22H2,1-2H3. The number of aromatic nitrogens is 2. The highest BCUT2D eigenvalue weighted by Gasteiger charge is 2.07. The lowest BCUT2D eigenvalue weighted by atomic mass is 10.1. The van der Waals surface area contributed by atoms with E-state index in [0.717, 1.165) is 37.2 Å². The van der Waals surface area contributed by atoms with Crippen LogP contribution < -0.4 is 9.47 Å². The summed E-state index contributed by atoms with van der Waals surface area (Å²) >= 11 is 0. The van der Waals surface area contributed by atoms with E-state index in [1.807, 2.05) is 24.3 Å². The maximum atomic E-state index is 12.1. The number of unbranched alkanes of at least 4 members (excludes halogenated alkanes) is 12. The Balaban J connectivity index is 1.63. The van der Waals surface area contributed by atoms with Crippen molar-refractivity contribution >= 4 is 5.97 Å². The normalized spacial score (nSPS) is 10.9. The molecule has 0 atom stereocenters. The third-order valence-electron chi connectivity index (χ3n) is 5.97. The Morgan fingerprint density at radius 1 is 0.676 bits per heavy atom. The molecule has 0 aliphatic carbocycles. The van der Waals surface area contributed by atoms with E-state index in [9.17, 15) is 4.79 Å². The molecule has 0 saturated heterocycles. The molecule has 0 spiro atoms. The summed E-state index contributed by atoms with van der Waals surface area (Å²) in [4.78, 5) is 20.8. The van der Waals surface area contributed by atoms with Gasteiger partial charge in [0.15, 0.2) is 11.6 Å². The molecule has 2 aromatic rings. The van der Waals surface area contributed by atoms with Crippen LogP contribution in [0.1, 0.15) is 110 Å². The average molecular weight is 469 g/mol. The first-order chi connectivity index (χ1) is 16.7. The van der Waals surface area contributed by atoms with Crippen LogP contribution in [0.2, 0.25) is 0 Å². The Morgan fingerprint density at radius 2 is 1.21 bits per heavy atom. The smallest absolute Gasteiger partial charge is 0.311 e. The molecule has 0 radical (unpaired) electrons. The lowest BCUT2D eigenvalue weighted by Crippen LogP contribution is -2.08. The Bertz CT molecular complexity index is 775. The van der Waals surface area contributed by atoms with Crippen molar-refractivity contribution in [1.82, 2.24) is 9.97 Å². The van der Waals surface area contributed by atoms with Crippen molar-refractivity contribution in [2.45, 2.75) is 110 Å². The van der Waals surface area contributed by atoms with E-state index in [2.05, 4.69) is 23.8 Å². The molecule has 188 valence electrons. The van der Waals surface area contributed by atoms with Crippen LogP contribution in [0, 0.1) is 0 Å². The fourth-order valence-electron chi connectivity index (χ4n) is 3.88. The van der Waals surface area contributed by atoms with Crippen LogP contribution in [0.4, 0.5) is 0 Å². The summed E-state index contributed by atoms with van der Waals surface area (Å²) in [5.74, 6) is 1.65. The third kappa shape index (κ3) is 12.2. The van der Waals surface area contributed by atoms with Gasteiger partial charge in [-0.3, -0.25) is 4.79 Å². The van der Waals surface area contributed by atoms with E-state index in [1.54, 1.807) is 12.4 Å². The molecule has 0 saturated carbocycles. The van der Waals surface area contributed by atoms with Crippen LogP contribution in [0.5, 0.6) is 11.5 Å². The maximum Gasteiger partial charge on any atom is 0.311 e. The first kappa shape index (κ1) is 27.8. The SMILES string of the molecule is CCCCCCCCCCCC(=O)Oc1cnc(-c2ccc(OCCCCCCC)cc2)nc1. The highest BCUT2D eigenvalue weighted by molar-refractivity contribution is 5.72. The van der Waals surface area contributed by atoms with Gasteiger partial charge in [-0.05, 0) is 37.1 Å². The van der Waals surface area contributed by atoms with E-state index in [0.29, 0.717) is 18.0 Å². The molecular weight excluding hydrogens is 424 g/mol. The summed E-state index contributed by atoms with van der Waals surface area (Å²) in [7, 11) is 0. The van der Waals surface area contributed by atoms with Crippen molar-refractivity contribution in [3.63, 3.8) is 0 Å². The number of rotatable bonds is 19. The zero-order valence-electron chi connectivity index (χ0n) is 21.4. The van der Waals surface area contributed by atoms with Gasteiger partial charge in [-0.25, -0.2) is 9.97 Å². The van der Waals surface area contributed by atoms with E-state index >= 15 is 0 Å². The number of carbonyl (C=O) groups excluding carboxylic acids is 1. The molecule has 2 rings (SSSR count). The van der Waals surface area contributed by atoms with Gasteiger partial charge in [-0.15, -0.1) is 0 Å². The molecule has 0 aliphatic heterocycles. The van der Waals surface area contributed by atoms with Crippen LogP contribution in [0.15, 0.2) is 36.7 Å². The molecule has 0 unspecified atom stereocenters. The zero-order valence-corrected chi connectivity index (χ0v) is 21.4. The molecule has 5 nitrogen and oxygen atoms in total. The lowest BCUT2D eigenvalue weighted by Gasteiger charge is -2.07.